The van der Waals surface area contributed by atoms with Crippen molar-refractivity contribution >= 4 is 16.9 Å². The normalized spacial score (nSPS) is 19.8. The quantitative estimate of drug-likeness (QED) is 0.565. The molecular weight excluding hydrogens is 292 g/mol. The molecule has 2 aromatic heterocycles. The van der Waals surface area contributed by atoms with Crippen LogP contribution >= 0.6 is 0 Å². The number of imidazole rings is 1. The summed E-state index contributed by atoms with van der Waals surface area (Å²) in [6, 6.07) is 10.4. The summed E-state index contributed by atoms with van der Waals surface area (Å²) in [7, 11) is 3.61. The number of hydrazine groups is 1. The number of nitrogens with one attached hydrogen (secondary N) is 1. The number of para-hydroxylation sites is 2. The van der Waals surface area contributed by atoms with Crippen LogP contribution in [0.5, 0.6) is 6.01 Å². The maximum absolute atomic E-state index is 5.47. The topological polar surface area (TPSA) is 90.9 Å². The second-order valence-electron chi connectivity index (χ2n) is 5.78. The Bertz CT molecular complexity index is 852. The van der Waals surface area contributed by atoms with E-state index in [4.69, 9.17) is 15.6 Å². The zero-order valence-corrected chi connectivity index (χ0v) is 13.0. The van der Waals surface area contributed by atoms with Crippen molar-refractivity contribution < 1.29 is 4.74 Å². The minimum Gasteiger partial charge on any atom is -0.467 e. The van der Waals surface area contributed by atoms with Crippen LogP contribution in [0.15, 0.2) is 30.3 Å². The smallest absolute Gasteiger partial charge is 0.318 e. The van der Waals surface area contributed by atoms with Crippen molar-refractivity contribution in [3.63, 3.8) is 0 Å². The second kappa shape index (κ2) is 5.20. The number of benzene rings is 1. The standard InChI is InChI=1S/C16H18N6O/c1-22-13-6-4-3-5-11(13)18-15(22)10-7-9(10)12-8-14(21-17)20-16(19-12)23-2/h3-6,8-10H,7,17H2,1-2H3,(H,19,20,21)/t9?,10-/m1/s1. The van der Waals surface area contributed by atoms with Crippen molar-refractivity contribution in [3.05, 3.63) is 41.9 Å². The van der Waals surface area contributed by atoms with Crippen molar-refractivity contribution in [1.82, 2.24) is 19.5 Å². The minimum absolute atomic E-state index is 0.314. The van der Waals surface area contributed by atoms with E-state index in [0.29, 0.717) is 23.7 Å². The second-order valence-corrected chi connectivity index (χ2v) is 5.78. The van der Waals surface area contributed by atoms with Gasteiger partial charge in [0.2, 0.25) is 0 Å². The van der Waals surface area contributed by atoms with Crippen molar-refractivity contribution in [2.45, 2.75) is 18.3 Å². The number of ether oxygens (including phenoxy) is 1. The van der Waals surface area contributed by atoms with Gasteiger partial charge in [-0.2, -0.15) is 9.97 Å². The van der Waals surface area contributed by atoms with E-state index in [2.05, 4.69) is 33.1 Å². The molecule has 1 saturated carbocycles. The van der Waals surface area contributed by atoms with Gasteiger partial charge in [-0.1, -0.05) is 12.1 Å². The Morgan fingerprint density at radius 1 is 1.22 bits per heavy atom. The fourth-order valence-electron chi connectivity index (χ4n) is 3.10. The van der Waals surface area contributed by atoms with E-state index in [1.165, 1.54) is 0 Å². The number of aryl methyl sites for hydroxylation is 1. The van der Waals surface area contributed by atoms with Crippen LogP contribution in [0.3, 0.4) is 0 Å². The van der Waals surface area contributed by atoms with Crippen molar-refractivity contribution in [1.29, 1.82) is 0 Å². The summed E-state index contributed by atoms with van der Waals surface area (Å²) >= 11 is 0. The molecule has 7 heteroatoms. The maximum Gasteiger partial charge on any atom is 0.318 e. The van der Waals surface area contributed by atoms with E-state index in [0.717, 1.165) is 29.0 Å². The van der Waals surface area contributed by atoms with Gasteiger partial charge >= 0.3 is 6.01 Å². The molecule has 0 amide bonds. The highest BCUT2D eigenvalue weighted by atomic mass is 16.5. The molecule has 3 N–H and O–H groups in total. The SMILES string of the molecule is COc1nc(NN)cc(C2C[C@H]2c2nc3ccccc3n2C)n1. The van der Waals surface area contributed by atoms with Crippen molar-refractivity contribution in [2.75, 3.05) is 12.5 Å². The maximum atomic E-state index is 5.47. The van der Waals surface area contributed by atoms with Crippen molar-refractivity contribution in [3.8, 4) is 6.01 Å². The van der Waals surface area contributed by atoms with Gasteiger partial charge in [0.05, 0.1) is 23.8 Å². The summed E-state index contributed by atoms with van der Waals surface area (Å²) in [5, 5.41) is 0. The molecule has 118 valence electrons. The Hall–Kier alpha value is -2.67. The highest BCUT2D eigenvalue weighted by Gasteiger charge is 2.44. The van der Waals surface area contributed by atoms with Crippen LogP contribution in [-0.2, 0) is 7.05 Å². The lowest BCUT2D eigenvalue weighted by Crippen LogP contribution is -2.10. The first-order valence-electron chi connectivity index (χ1n) is 7.52. The number of methoxy groups -OCH3 is 1. The molecule has 2 heterocycles. The van der Waals surface area contributed by atoms with Gasteiger partial charge in [-0.05, 0) is 18.6 Å². The van der Waals surface area contributed by atoms with Gasteiger partial charge in [0.1, 0.15) is 11.6 Å². The molecule has 2 atom stereocenters. The molecule has 0 aliphatic heterocycles. The molecule has 1 aliphatic carbocycles. The molecule has 0 saturated heterocycles. The Morgan fingerprint density at radius 2 is 2.04 bits per heavy atom. The van der Waals surface area contributed by atoms with Gasteiger partial charge in [0, 0.05) is 24.9 Å². The van der Waals surface area contributed by atoms with Crippen LogP contribution in [0, 0.1) is 0 Å². The third kappa shape index (κ3) is 2.29. The Kier molecular flexibility index (Phi) is 3.16. The Morgan fingerprint density at radius 3 is 2.78 bits per heavy atom. The molecule has 7 nitrogen and oxygen atoms in total. The van der Waals surface area contributed by atoms with Crippen molar-refractivity contribution in [2.24, 2.45) is 12.9 Å². The molecule has 0 spiro atoms. The van der Waals surface area contributed by atoms with Crippen LogP contribution in [0.25, 0.3) is 11.0 Å². The Balaban J connectivity index is 1.68. The lowest BCUT2D eigenvalue weighted by Gasteiger charge is -2.06. The largest absolute Gasteiger partial charge is 0.467 e. The van der Waals surface area contributed by atoms with Crippen LogP contribution in [0.1, 0.15) is 29.8 Å². The zero-order valence-electron chi connectivity index (χ0n) is 13.0. The molecular formula is C16H18N6O. The van der Waals surface area contributed by atoms with Gasteiger partial charge in [-0.25, -0.2) is 10.8 Å². The third-order valence-electron chi connectivity index (χ3n) is 4.38. The summed E-state index contributed by atoms with van der Waals surface area (Å²) in [5.74, 6) is 7.80. The molecule has 23 heavy (non-hydrogen) atoms. The molecule has 1 fully saturated rings. The lowest BCUT2D eigenvalue weighted by molar-refractivity contribution is 0.378. The van der Waals surface area contributed by atoms with Gasteiger partial charge in [0.25, 0.3) is 0 Å². The molecule has 4 rings (SSSR count). The summed E-state index contributed by atoms with van der Waals surface area (Å²) in [6.07, 6.45) is 1.02. The molecule has 1 aromatic carbocycles. The fourth-order valence-corrected chi connectivity index (χ4v) is 3.10. The van der Waals surface area contributed by atoms with E-state index < -0.39 is 0 Å². The van der Waals surface area contributed by atoms with Crippen LogP contribution in [-0.4, -0.2) is 26.6 Å². The average molecular weight is 310 g/mol. The van der Waals surface area contributed by atoms with Crippen LogP contribution < -0.4 is 16.0 Å². The summed E-state index contributed by atoms with van der Waals surface area (Å²) in [4.78, 5) is 13.4. The predicted molar refractivity (Wildman–Crippen MR) is 87.2 cm³/mol. The van der Waals surface area contributed by atoms with E-state index in [1.54, 1.807) is 7.11 Å². The summed E-state index contributed by atoms with van der Waals surface area (Å²) in [6.45, 7) is 0. The Labute approximate surface area is 133 Å². The van der Waals surface area contributed by atoms with E-state index in [9.17, 15) is 0 Å². The number of fused-ring (bicyclic) bond motifs is 1. The zero-order chi connectivity index (χ0) is 16.0. The highest BCUT2D eigenvalue weighted by molar-refractivity contribution is 5.76. The average Bonchev–Trinajstić information content (AvgIpc) is 3.33. The van der Waals surface area contributed by atoms with Crippen LogP contribution in [0.2, 0.25) is 0 Å². The van der Waals surface area contributed by atoms with Gasteiger partial charge in [-0.3, -0.25) is 0 Å². The number of nitrogen functional groups attached to an aromatic ring is 1. The summed E-state index contributed by atoms with van der Waals surface area (Å²) < 4.78 is 7.32. The van der Waals surface area contributed by atoms with E-state index in [-0.39, 0.29) is 0 Å². The number of rotatable bonds is 4. The first-order chi connectivity index (χ1) is 11.2. The minimum atomic E-state index is 0.314. The van der Waals surface area contributed by atoms with Gasteiger partial charge in [0.15, 0.2) is 0 Å². The van der Waals surface area contributed by atoms with Gasteiger partial charge in [-0.15, -0.1) is 0 Å². The molecule has 3 aromatic rings. The fraction of sp³-hybridized carbons (Fsp3) is 0.312. The first kappa shape index (κ1) is 14.0. The monoisotopic (exact) mass is 310 g/mol. The third-order valence-corrected chi connectivity index (χ3v) is 4.38. The van der Waals surface area contributed by atoms with E-state index in [1.807, 2.05) is 24.3 Å². The predicted octanol–water partition coefficient (Wildman–Crippen LogP) is 1.93. The van der Waals surface area contributed by atoms with Gasteiger partial charge < -0.3 is 14.7 Å². The highest BCUT2D eigenvalue weighted by Crippen LogP contribution is 2.54. The molecule has 1 unspecified atom stereocenters. The van der Waals surface area contributed by atoms with Crippen LogP contribution in [0.4, 0.5) is 5.82 Å². The number of nitrogens with two attached hydrogens (primary N) is 1. The molecule has 1 aliphatic rings. The molecule has 0 bridgehead atoms. The number of aromatic nitrogens is 4. The summed E-state index contributed by atoms with van der Waals surface area (Å²) in [5.41, 5.74) is 5.67. The number of hydrogen-bond donors (Lipinski definition) is 2. The van der Waals surface area contributed by atoms with E-state index >= 15 is 0 Å². The number of anilines is 1. The number of nitrogens with zero attached hydrogens (tertiary/aromatic N) is 4. The first-order valence-corrected chi connectivity index (χ1v) is 7.52. The lowest BCUT2D eigenvalue weighted by atomic mass is 10.2. The molecule has 0 radical (unpaired) electrons. The number of hydrogen-bond acceptors (Lipinski definition) is 6.